The van der Waals surface area contributed by atoms with Gasteiger partial charge in [0.2, 0.25) is 0 Å². The van der Waals surface area contributed by atoms with Gasteiger partial charge in [0.15, 0.2) is 6.61 Å². The van der Waals surface area contributed by atoms with Gasteiger partial charge in [-0.1, -0.05) is 34.8 Å². The van der Waals surface area contributed by atoms with Crippen LogP contribution in [0.3, 0.4) is 0 Å². The number of nitrogens with one attached hydrogen (secondary N) is 1. The summed E-state index contributed by atoms with van der Waals surface area (Å²) >= 11 is 17.3. The Kier molecular flexibility index (Phi) is 5.41. The van der Waals surface area contributed by atoms with E-state index < -0.39 is 24.5 Å². The molecule has 0 saturated heterocycles. The summed E-state index contributed by atoms with van der Waals surface area (Å²) in [5.74, 6) is -1.83. The minimum Gasteiger partial charge on any atom is -0.452 e. The van der Waals surface area contributed by atoms with Crippen molar-refractivity contribution in [2.24, 2.45) is 5.73 Å². The summed E-state index contributed by atoms with van der Waals surface area (Å²) in [4.78, 5) is 33.1. The largest absolute Gasteiger partial charge is 0.452 e. The summed E-state index contributed by atoms with van der Waals surface area (Å²) in [7, 11) is 0. The molecule has 102 valence electrons. The zero-order valence-electron chi connectivity index (χ0n) is 9.21. The van der Waals surface area contributed by atoms with E-state index in [1.54, 1.807) is 5.32 Å². The molecule has 0 heterocycles. The Balaban J connectivity index is 2.77. The van der Waals surface area contributed by atoms with Crippen molar-refractivity contribution in [1.29, 1.82) is 0 Å². The number of hydrogen-bond acceptors (Lipinski definition) is 4. The second kappa shape index (κ2) is 6.60. The van der Waals surface area contributed by atoms with E-state index in [1.165, 1.54) is 12.1 Å². The Morgan fingerprint density at radius 1 is 1.16 bits per heavy atom. The molecule has 0 aliphatic rings. The first-order valence-electron chi connectivity index (χ1n) is 4.73. The molecule has 0 aliphatic heterocycles. The Labute approximate surface area is 122 Å². The molecule has 0 spiro atoms. The van der Waals surface area contributed by atoms with Crippen LogP contribution in [0.4, 0.5) is 4.79 Å². The number of carbonyl (C=O) groups excluding carboxylic acids is 3. The molecule has 0 radical (unpaired) electrons. The van der Waals surface area contributed by atoms with Gasteiger partial charge in [0, 0.05) is 0 Å². The fourth-order valence-electron chi connectivity index (χ4n) is 1.09. The maximum absolute atomic E-state index is 11.7. The Hall–Kier alpha value is -1.50. The number of benzene rings is 1. The molecular formula is C10H7Cl3N2O4. The monoisotopic (exact) mass is 324 g/mol. The van der Waals surface area contributed by atoms with Gasteiger partial charge < -0.3 is 10.5 Å². The highest BCUT2D eigenvalue weighted by Gasteiger charge is 2.19. The summed E-state index contributed by atoms with van der Waals surface area (Å²) in [5.41, 5.74) is 4.54. The Bertz CT molecular complexity index is 548. The fraction of sp³-hybridized carbons (Fsp3) is 0.100. The van der Waals surface area contributed by atoms with Crippen LogP contribution in [-0.2, 0) is 9.53 Å². The molecule has 0 saturated carbocycles. The second-order valence-electron chi connectivity index (χ2n) is 3.21. The van der Waals surface area contributed by atoms with Gasteiger partial charge in [-0.25, -0.2) is 9.59 Å². The van der Waals surface area contributed by atoms with E-state index in [4.69, 9.17) is 40.5 Å². The van der Waals surface area contributed by atoms with Crippen molar-refractivity contribution in [2.45, 2.75) is 0 Å². The van der Waals surface area contributed by atoms with Crippen molar-refractivity contribution in [3.63, 3.8) is 0 Å². The van der Waals surface area contributed by atoms with Gasteiger partial charge in [-0.15, -0.1) is 0 Å². The summed E-state index contributed by atoms with van der Waals surface area (Å²) in [6, 6.07) is 1.71. The van der Waals surface area contributed by atoms with E-state index in [0.29, 0.717) is 0 Å². The number of urea groups is 1. The first-order valence-corrected chi connectivity index (χ1v) is 5.86. The van der Waals surface area contributed by atoms with Crippen molar-refractivity contribution in [3.8, 4) is 0 Å². The van der Waals surface area contributed by atoms with Crippen LogP contribution in [0.2, 0.25) is 15.1 Å². The smallest absolute Gasteiger partial charge is 0.341 e. The van der Waals surface area contributed by atoms with Gasteiger partial charge in [0.25, 0.3) is 5.91 Å². The average molecular weight is 326 g/mol. The molecule has 3 N–H and O–H groups in total. The van der Waals surface area contributed by atoms with Gasteiger partial charge in [0.1, 0.15) is 0 Å². The number of esters is 1. The third-order valence-electron chi connectivity index (χ3n) is 1.85. The molecule has 0 fully saturated rings. The molecule has 0 aromatic heterocycles. The number of rotatable bonds is 3. The summed E-state index contributed by atoms with van der Waals surface area (Å²) in [6.07, 6.45) is 0. The van der Waals surface area contributed by atoms with Crippen molar-refractivity contribution in [3.05, 3.63) is 32.8 Å². The quantitative estimate of drug-likeness (QED) is 0.656. The first kappa shape index (κ1) is 15.6. The molecule has 1 rings (SSSR count). The number of imide groups is 1. The van der Waals surface area contributed by atoms with Gasteiger partial charge in [0.05, 0.1) is 20.6 Å². The van der Waals surface area contributed by atoms with Gasteiger partial charge in [-0.2, -0.15) is 0 Å². The number of nitrogens with two attached hydrogens (primary N) is 1. The number of amides is 3. The van der Waals surface area contributed by atoms with Crippen LogP contribution in [0.5, 0.6) is 0 Å². The average Bonchev–Trinajstić information content (AvgIpc) is 2.31. The number of ether oxygens (including phenoxy) is 1. The topological polar surface area (TPSA) is 98.5 Å². The second-order valence-corrected chi connectivity index (χ2v) is 4.40. The predicted molar refractivity (Wildman–Crippen MR) is 69.5 cm³/mol. The van der Waals surface area contributed by atoms with Crippen LogP contribution >= 0.6 is 34.8 Å². The van der Waals surface area contributed by atoms with Gasteiger partial charge in [-0.3, -0.25) is 10.1 Å². The van der Waals surface area contributed by atoms with E-state index in [1.807, 2.05) is 0 Å². The Morgan fingerprint density at radius 2 is 1.74 bits per heavy atom. The van der Waals surface area contributed by atoms with E-state index in [-0.39, 0.29) is 20.6 Å². The first-order chi connectivity index (χ1) is 8.82. The maximum Gasteiger partial charge on any atom is 0.341 e. The molecule has 6 nitrogen and oxygen atoms in total. The summed E-state index contributed by atoms with van der Waals surface area (Å²) in [6.45, 7) is -0.707. The number of carbonyl (C=O) groups is 3. The highest BCUT2D eigenvalue weighted by molar-refractivity contribution is 6.46. The highest BCUT2D eigenvalue weighted by atomic mass is 35.5. The zero-order valence-corrected chi connectivity index (χ0v) is 11.5. The lowest BCUT2D eigenvalue weighted by molar-refractivity contribution is -0.123. The van der Waals surface area contributed by atoms with Crippen LogP contribution in [0, 0.1) is 0 Å². The van der Waals surface area contributed by atoms with E-state index >= 15 is 0 Å². The molecular weight excluding hydrogens is 318 g/mol. The van der Waals surface area contributed by atoms with Crippen molar-refractivity contribution >= 4 is 52.7 Å². The standard InChI is InChI=1S/C10H7Cl3N2O4/c11-4-1-2-5(12)8(13)7(4)9(17)19-3-6(16)15-10(14)18/h1-2H,3H2,(H3,14,15,16,18). The maximum atomic E-state index is 11.7. The number of halogens is 3. The normalized spacial score (nSPS) is 9.84. The molecule has 1 aromatic rings. The van der Waals surface area contributed by atoms with E-state index in [0.717, 1.165) is 0 Å². The zero-order chi connectivity index (χ0) is 14.6. The van der Waals surface area contributed by atoms with E-state index in [2.05, 4.69) is 4.74 Å². The molecule has 19 heavy (non-hydrogen) atoms. The molecule has 0 atom stereocenters. The SMILES string of the molecule is NC(=O)NC(=O)COC(=O)c1c(Cl)ccc(Cl)c1Cl. The molecule has 0 unspecified atom stereocenters. The van der Waals surface area contributed by atoms with Gasteiger partial charge in [-0.05, 0) is 12.1 Å². The lowest BCUT2D eigenvalue weighted by Gasteiger charge is -2.08. The molecule has 1 aromatic carbocycles. The highest BCUT2D eigenvalue weighted by Crippen LogP contribution is 2.31. The van der Waals surface area contributed by atoms with Crippen molar-refractivity contribution in [1.82, 2.24) is 5.32 Å². The van der Waals surface area contributed by atoms with Crippen LogP contribution in [0.25, 0.3) is 0 Å². The van der Waals surface area contributed by atoms with Crippen LogP contribution in [0.1, 0.15) is 10.4 Å². The molecule has 0 aliphatic carbocycles. The predicted octanol–water partition coefficient (Wildman–Crippen LogP) is 2.00. The lowest BCUT2D eigenvalue weighted by Crippen LogP contribution is -2.37. The minimum atomic E-state index is -1.06. The fourth-order valence-corrected chi connectivity index (χ4v) is 1.77. The number of primary amides is 1. The summed E-state index contributed by atoms with van der Waals surface area (Å²) in [5, 5.41) is 1.77. The third-order valence-corrected chi connectivity index (χ3v) is 2.96. The molecule has 9 heteroatoms. The third kappa shape index (κ3) is 4.27. The number of hydrogen-bond donors (Lipinski definition) is 2. The molecule has 3 amide bonds. The van der Waals surface area contributed by atoms with Crippen LogP contribution in [0.15, 0.2) is 12.1 Å². The van der Waals surface area contributed by atoms with Gasteiger partial charge >= 0.3 is 12.0 Å². The van der Waals surface area contributed by atoms with Crippen molar-refractivity contribution in [2.75, 3.05) is 6.61 Å². The minimum absolute atomic E-state index is 0.0229. The summed E-state index contributed by atoms with van der Waals surface area (Å²) < 4.78 is 4.62. The van der Waals surface area contributed by atoms with Crippen LogP contribution < -0.4 is 11.1 Å². The van der Waals surface area contributed by atoms with Crippen LogP contribution in [-0.4, -0.2) is 24.5 Å². The lowest BCUT2D eigenvalue weighted by atomic mass is 10.2. The Morgan fingerprint density at radius 3 is 2.32 bits per heavy atom. The van der Waals surface area contributed by atoms with Crippen molar-refractivity contribution < 1.29 is 19.1 Å². The van der Waals surface area contributed by atoms with E-state index in [9.17, 15) is 14.4 Å². The molecule has 0 bridgehead atoms.